The van der Waals surface area contributed by atoms with Gasteiger partial charge in [0.15, 0.2) is 6.29 Å². The van der Waals surface area contributed by atoms with Gasteiger partial charge in [-0.1, -0.05) is 0 Å². The third kappa shape index (κ3) is 1.68. The van der Waals surface area contributed by atoms with Crippen LogP contribution in [-0.2, 0) is 14.2 Å². The number of hydrogen-bond acceptors (Lipinski definition) is 3. The van der Waals surface area contributed by atoms with E-state index in [-0.39, 0.29) is 18.5 Å². The van der Waals surface area contributed by atoms with Gasteiger partial charge in [0.25, 0.3) is 0 Å². The summed E-state index contributed by atoms with van der Waals surface area (Å²) in [6.45, 7) is 4.50. The van der Waals surface area contributed by atoms with Crippen molar-refractivity contribution in [2.45, 2.75) is 32.3 Å². The molecule has 0 aromatic rings. The van der Waals surface area contributed by atoms with Gasteiger partial charge in [-0.15, -0.1) is 0 Å². The van der Waals surface area contributed by atoms with Crippen molar-refractivity contribution in [1.82, 2.24) is 0 Å². The van der Waals surface area contributed by atoms with E-state index in [1.165, 1.54) is 0 Å². The highest BCUT2D eigenvalue weighted by Crippen LogP contribution is 2.17. The average Bonchev–Trinajstić information content (AvgIpc) is 2.13. The molecule has 1 heterocycles. The van der Waals surface area contributed by atoms with Crippen LogP contribution in [0.4, 0.5) is 0 Å². The van der Waals surface area contributed by atoms with Gasteiger partial charge in [0.05, 0.1) is 12.7 Å². The molecule has 0 aromatic heterocycles. The van der Waals surface area contributed by atoms with Gasteiger partial charge < -0.3 is 14.2 Å². The molecule has 3 heteroatoms. The summed E-state index contributed by atoms with van der Waals surface area (Å²) in [6, 6.07) is 0. The highest BCUT2D eigenvalue weighted by Gasteiger charge is 2.29. The highest BCUT2D eigenvalue weighted by molar-refractivity contribution is 4.71. The third-order valence-electron chi connectivity index (χ3n) is 1.63. The number of methoxy groups -OCH3 is 1. The topological polar surface area (TPSA) is 27.7 Å². The Hall–Kier alpha value is -0.120. The van der Waals surface area contributed by atoms with Crippen LogP contribution in [-0.4, -0.2) is 32.2 Å². The Kier molecular flexibility index (Phi) is 2.65. The van der Waals surface area contributed by atoms with Crippen LogP contribution in [0.3, 0.4) is 0 Å². The normalized spacial score (nSPS) is 40.5. The lowest BCUT2D eigenvalue weighted by molar-refractivity contribution is -0.0575. The van der Waals surface area contributed by atoms with Crippen molar-refractivity contribution in [2.24, 2.45) is 0 Å². The van der Waals surface area contributed by atoms with Crippen molar-refractivity contribution in [3.63, 3.8) is 0 Å². The minimum Gasteiger partial charge on any atom is -0.382 e. The summed E-state index contributed by atoms with van der Waals surface area (Å²) in [6.07, 6.45) is 0.199. The molecule has 3 atom stereocenters. The van der Waals surface area contributed by atoms with Crippen molar-refractivity contribution in [1.29, 1.82) is 0 Å². The van der Waals surface area contributed by atoms with Crippen molar-refractivity contribution in [3.8, 4) is 0 Å². The van der Waals surface area contributed by atoms with E-state index in [1.54, 1.807) is 7.11 Å². The molecule has 1 aliphatic rings. The molecule has 0 amide bonds. The zero-order valence-corrected chi connectivity index (χ0v) is 6.66. The lowest BCUT2D eigenvalue weighted by atomic mass is 10.2. The zero-order chi connectivity index (χ0) is 7.56. The molecule has 3 nitrogen and oxygen atoms in total. The lowest BCUT2D eigenvalue weighted by Crippen LogP contribution is -2.24. The molecule has 0 spiro atoms. The molecule has 0 N–H and O–H groups in total. The zero-order valence-electron chi connectivity index (χ0n) is 6.66. The van der Waals surface area contributed by atoms with Crippen LogP contribution in [0.5, 0.6) is 0 Å². The van der Waals surface area contributed by atoms with E-state index in [1.807, 2.05) is 13.8 Å². The molecule has 10 heavy (non-hydrogen) atoms. The van der Waals surface area contributed by atoms with E-state index in [9.17, 15) is 0 Å². The largest absolute Gasteiger partial charge is 0.382 e. The first-order valence-corrected chi connectivity index (χ1v) is 3.54. The fourth-order valence-corrected chi connectivity index (χ4v) is 1.12. The maximum absolute atomic E-state index is 5.37. The quantitative estimate of drug-likeness (QED) is 0.576. The standard InChI is InChI=1S/C7H14O3/c1-5-7(4-8-3)10-6(2)9-5/h5-7H,4H2,1-3H3. The summed E-state index contributed by atoms with van der Waals surface area (Å²) in [5.74, 6) is 0. The first-order valence-electron chi connectivity index (χ1n) is 3.54. The molecule has 1 saturated heterocycles. The Morgan fingerprint density at radius 3 is 2.40 bits per heavy atom. The molecule has 1 fully saturated rings. The second kappa shape index (κ2) is 3.32. The summed E-state index contributed by atoms with van der Waals surface area (Å²) in [4.78, 5) is 0. The van der Waals surface area contributed by atoms with Crippen LogP contribution >= 0.6 is 0 Å². The molecule has 3 unspecified atom stereocenters. The van der Waals surface area contributed by atoms with Gasteiger partial charge in [0.2, 0.25) is 0 Å². The minimum atomic E-state index is -0.0739. The van der Waals surface area contributed by atoms with E-state index in [4.69, 9.17) is 14.2 Å². The van der Waals surface area contributed by atoms with E-state index in [2.05, 4.69) is 0 Å². The van der Waals surface area contributed by atoms with Gasteiger partial charge in [0, 0.05) is 7.11 Å². The van der Waals surface area contributed by atoms with Crippen molar-refractivity contribution in [2.75, 3.05) is 13.7 Å². The number of hydrogen-bond donors (Lipinski definition) is 0. The average molecular weight is 146 g/mol. The van der Waals surface area contributed by atoms with Crippen LogP contribution in [0.25, 0.3) is 0 Å². The minimum absolute atomic E-state index is 0.0739. The summed E-state index contributed by atoms with van der Waals surface area (Å²) >= 11 is 0. The van der Waals surface area contributed by atoms with Crippen LogP contribution in [0, 0.1) is 0 Å². The van der Waals surface area contributed by atoms with Gasteiger partial charge in [-0.25, -0.2) is 0 Å². The Morgan fingerprint density at radius 2 is 2.00 bits per heavy atom. The van der Waals surface area contributed by atoms with E-state index in [0.717, 1.165) is 0 Å². The first kappa shape index (κ1) is 7.98. The van der Waals surface area contributed by atoms with Crippen LogP contribution in [0.15, 0.2) is 0 Å². The van der Waals surface area contributed by atoms with Gasteiger partial charge in [-0.05, 0) is 13.8 Å². The summed E-state index contributed by atoms with van der Waals surface area (Å²) in [5.41, 5.74) is 0. The predicted molar refractivity (Wildman–Crippen MR) is 36.8 cm³/mol. The maximum atomic E-state index is 5.37. The molecule has 0 bridgehead atoms. The van der Waals surface area contributed by atoms with Crippen LogP contribution in [0.2, 0.25) is 0 Å². The van der Waals surface area contributed by atoms with Crippen molar-refractivity contribution in [3.05, 3.63) is 0 Å². The molecule has 0 saturated carbocycles. The van der Waals surface area contributed by atoms with Gasteiger partial charge in [0.1, 0.15) is 6.10 Å². The summed E-state index contributed by atoms with van der Waals surface area (Å²) < 4.78 is 15.6. The van der Waals surface area contributed by atoms with E-state index < -0.39 is 0 Å². The maximum Gasteiger partial charge on any atom is 0.155 e. The fraction of sp³-hybridized carbons (Fsp3) is 1.00. The van der Waals surface area contributed by atoms with Crippen molar-refractivity contribution < 1.29 is 14.2 Å². The Bertz CT molecular complexity index is 105. The molecule has 1 aliphatic heterocycles. The first-order chi connectivity index (χ1) is 4.74. The monoisotopic (exact) mass is 146 g/mol. The summed E-state index contributed by atoms with van der Waals surface area (Å²) in [5, 5.41) is 0. The van der Waals surface area contributed by atoms with Crippen molar-refractivity contribution >= 4 is 0 Å². The molecule has 1 rings (SSSR count). The molecule has 0 aromatic carbocycles. The second-order valence-electron chi connectivity index (χ2n) is 2.54. The Labute approximate surface area is 61.3 Å². The number of ether oxygens (including phenoxy) is 3. The Balaban J connectivity index is 2.31. The van der Waals surface area contributed by atoms with Gasteiger partial charge in [-0.3, -0.25) is 0 Å². The highest BCUT2D eigenvalue weighted by atomic mass is 16.7. The van der Waals surface area contributed by atoms with Crippen LogP contribution < -0.4 is 0 Å². The molecule has 0 aliphatic carbocycles. The number of rotatable bonds is 2. The van der Waals surface area contributed by atoms with E-state index in [0.29, 0.717) is 6.61 Å². The molecule has 0 radical (unpaired) electrons. The fourth-order valence-electron chi connectivity index (χ4n) is 1.12. The molecular formula is C7H14O3. The Morgan fingerprint density at radius 1 is 1.30 bits per heavy atom. The van der Waals surface area contributed by atoms with Gasteiger partial charge >= 0.3 is 0 Å². The SMILES string of the molecule is COCC1OC(C)OC1C. The smallest absolute Gasteiger partial charge is 0.155 e. The summed E-state index contributed by atoms with van der Waals surface area (Å²) in [7, 11) is 1.67. The molecular weight excluding hydrogens is 132 g/mol. The van der Waals surface area contributed by atoms with E-state index >= 15 is 0 Å². The second-order valence-corrected chi connectivity index (χ2v) is 2.54. The van der Waals surface area contributed by atoms with Gasteiger partial charge in [-0.2, -0.15) is 0 Å². The third-order valence-corrected chi connectivity index (χ3v) is 1.63. The molecule has 60 valence electrons. The lowest BCUT2D eigenvalue weighted by Gasteiger charge is -2.09. The van der Waals surface area contributed by atoms with Crippen LogP contribution in [0.1, 0.15) is 13.8 Å². The predicted octanol–water partition coefficient (Wildman–Crippen LogP) is 0.783.